The highest BCUT2D eigenvalue weighted by Gasteiger charge is 2.22. The van der Waals surface area contributed by atoms with Gasteiger partial charge in [0.15, 0.2) is 6.10 Å². The molecule has 448 valence electrons. The van der Waals surface area contributed by atoms with Crippen LogP contribution in [0.3, 0.4) is 0 Å². The fourth-order valence-electron chi connectivity index (χ4n) is 10.3. The van der Waals surface area contributed by atoms with Gasteiger partial charge in [-0.05, 0) is 12.8 Å². The molecule has 75 heavy (non-hydrogen) atoms. The highest BCUT2D eigenvalue weighted by molar-refractivity contribution is 7.45. The van der Waals surface area contributed by atoms with E-state index in [4.69, 9.17) is 18.5 Å². The molecule has 0 aliphatic heterocycles. The summed E-state index contributed by atoms with van der Waals surface area (Å²) >= 11 is 0. The van der Waals surface area contributed by atoms with Gasteiger partial charge in [0.25, 0.3) is 7.82 Å². The largest absolute Gasteiger partial charge is 0.756 e. The summed E-state index contributed by atoms with van der Waals surface area (Å²) in [6.45, 7) is 4.33. The summed E-state index contributed by atoms with van der Waals surface area (Å²) in [5.41, 5.74) is 0. The van der Waals surface area contributed by atoms with Gasteiger partial charge in [-0.25, -0.2) is 0 Å². The van der Waals surface area contributed by atoms with Gasteiger partial charge in [0.1, 0.15) is 19.8 Å². The summed E-state index contributed by atoms with van der Waals surface area (Å²) in [6, 6.07) is 0. The number of phosphoric ester groups is 1. The third-order valence-electron chi connectivity index (χ3n) is 15.4. The third-order valence-corrected chi connectivity index (χ3v) is 16.3. The quantitative estimate of drug-likeness (QED) is 0.0256. The topological polar surface area (TPSA) is 111 Å². The van der Waals surface area contributed by atoms with Crippen LogP contribution in [0, 0.1) is 0 Å². The van der Waals surface area contributed by atoms with Gasteiger partial charge in [0, 0.05) is 12.8 Å². The summed E-state index contributed by atoms with van der Waals surface area (Å²) in [5, 5.41) is 0. The van der Waals surface area contributed by atoms with Crippen molar-refractivity contribution in [3.63, 3.8) is 0 Å². The lowest BCUT2D eigenvalue weighted by atomic mass is 10.0. The summed E-state index contributed by atoms with van der Waals surface area (Å²) in [7, 11) is 1.19. The van der Waals surface area contributed by atoms with E-state index in [1.165, 1.54) is 289 Å². The Morgan fingerprint density at radius 3 is 0.853 bits per heavy atom. The number of unbranched alkanes of at least 4 members (excludes halogenated alkanes) is 49. The standard InChI is InChI=1S/C65H130NO8P/c1-6-8-10-12-14-16-18-20-22-24-26-28-29-30-31-32-33-34-35-36-37-38-40-42-44-46-48-50-52-54-56-58-65(68)74-63(62-73-75(69,70)72-60-59-66(3,4)5)61-71-64(67)57-55-53-51-49-47-45-43-41-39-27-25-23-21-19-17-15-13-11-9-7-2/h63H,6-62H2,1-5H3. The molecule has 0 N–H and O–H groups in total. The van der Waals surface area contributed by atoms with Crippen molar-refractivity contribution in [2.24, 2.45) is 0 Å². The van der Waals surface area contributed by atoms with Crippen LogP contribution in [-0.4, -0.2) is 70.0 Å². The fraction of sp³-hybridized carbons (Fsp3) is 0.969. The molecule has 0 heterocycles. The predicted molar refractivity (Wildman–Crippen MR) is 319 cm³/mol. The molecular weight excluding hydrogens is 954 g/mol. The number of likely N-dealkylation sites (N-methyl/N-ethyl adjacent to an activating group) is 1. The van der Waals surface area contributed by atoms with Crippen molar-refractivity contribution < 1.29 is 42.1 Å². The van der Waals surface area contributed by atoms with Gasteiger partial charge in [-0.3, -0.25) is 14.2 Å². The van der Waals surface area contributed by atoms with Gasteiger partial charge in [0.05, 0.1) is 27.7 Å². The second kappa shape index (κ2) is 57.7. The zero-order valence-electron chi connectivity index (χ0n) is 51.0. The molecule has 2 atom stereocenters. The SMILES string of the molecule is CCCCCCCCCCCCCCCCCCCCCCCCCCCCCCCCCC(=O)OC(COC(=O)CCCCCCCCCCCCCCCCCCCCCC)COP(=O)([O-])OCC[N+](C)(C)C. The van der Waals surface area contributed by atoms with Crippen LogP contribution in [0.5, 0.6) is 0 Å². The van der Waals surface area contributed by atoms with Crippen molar-refractivity contribution in [1.82, 2.24) is 0 Å². The zero-order chi connectivity index (χ0) is 54.9. The number of esters is 2. The molecule has 0 spiro atoms. The van der Waals surface area contributed by atoms with Crippen LogP contribution in [0.1, 0.15) is 354 Å². The van der Waals surface area contributed by atoms with E-state index in [0.717, 1.165) is 32.1 Å². The van der Waals surface area contributed by atoms with E-state index in [1.54, 1.807) is 0 Å². The minimum Gasteiger partial charge on any atom is -0.756 e. The summed E-state index contributed by atoms with van der Waals surface area (Å²) in [6.07, 6.45) is 67.5. The fourth-order valence-corrected chi connectivity index (χ4v) is 11.0. The molecule has 0 saturated heterocycles. The van der Waals surface area contributed by atoms with Gasteiger partial charge >= 0.3 is 11.9 Å². The lowest BCUT2D eigenvalue weighted by Crippen LogP contribution is -2.37. The van der Waals surface area contributed by atoms with Gasteiger partial charge in [0.2, 0.25) is 0 Å². The Morgan fingerprint density at radius 2 is 0.600 bits per heavy atom. The van der Waals surface area contributed by atoms with Gasteiger partial charge in [-0.1, -0.05) is 328 Å². The molecule has 0 aromatic heterocycles. The molecule has 2 unspecified atom stereocenters. The van der Waals surface area contributed by atoms with Crippen molar-refractivity contribution in [2.75, 3.05) is 47.5 Å². The minimum absolute atomic E-state index is 0.0249. The lowest BCUT2D eigenvalue weighted by Gasteiger charge is -2.28. The Morgan fingerprint density at radius 1 is 0.360 bits per heavy atom. The van der Waals surface area contributed by atoms with Crippen molar-refractivity contribution in [1.29, 1.82) is 0 Å². The van der Waals surface area contributed by atoms with Crippen LogP contribution in [0.15, 0.2) is 0 Å². The number of hydrogen-bond donors (Lipinski definition) is 0. The van der Waals surface area contributed by atoms with Gasteiger partial charge < -0.3 is 27.9 Å². The van der Waals surface area contributed by atoms with E-state index in [9.17, 15) is 19.0 Å². The van der Waals surface area contributed by atoms with Crippen LogP contribution in [-0.2, 0) is 32.7 Å². The lowest BCUT2D eigenvalue weighted by molar-refractivity contribution is -0.870. The third kappa shape index (κ3) is 62.1. The first-order valence-corrected chi connectivity index (χ1v) is 34.7. The minimum atomic E-state index is -4.63. The smallest absolute Gasteiger partial charge is 0.306 e. The summed E-state index contributed by atoms with van der Waals surface area (Å²) in [5.74, 6) is -0.806. The number of nitrogens with zero attached hydrogens (tertiary/aromatic N) is 1. The number of hydrogen-bond acceptors (Lipinski definition) is 8. The van der Waals surface area contributed by atoms with Gasteiger partial charge in [-0.2, -0.15) is 0 Å². The van der Waals surface area contributed by atoms with E-state index < -0.39 is 26.5 Å². The first kappa shape index (κ1) is 74.0. The van der Waals surface area contributed by atoms with E-state index in [0.29, 0.717) is 17.4 Å². The van der Waals surface area contributed by atoms with Gasteiger partial charge in [-0.15, -0.1) is 0 Å². The second-order valence-corrected chi connectivity index (χ2v) is 25.6. The maximum atomic E-state index is 12.8. The van der Waals surface area contributed by atoms with Crippen molar-refractivity contribution in [3.8, 4) is 0 Å². The molecule has 0 amide bonds. The first-order chi connectivity index (χ1) is 36.5. The van der Waals surface area contributed by atoms with E-state index >= 15 is 0 Å². The van der Waals surface area contributed by atoms with Crippen molar-refractivity contribution >= 4 is 19.8 Å². The molecule has 0 aromatic carbocycles. The van der Waals surface area contributed by atoms with E-state index in [2.05, 4.69) is 13.8 Å². The molecule has 0 saturated carbocycles. The molecular formula is C65H130NO8P. The average Bonchev–Trinajstić information content (AvgIpc) is 3.37. The monoisotopic (exact) mass is 1080 g/mol. The number of rotatable bonds is 63. The molecule has 0 aromatic rings. The van der Waals surface area contributed by atoms with Crippen molar-refractivity contribution in [3.05, 3.63) is 0 Å². The molecule has 9 nitrogen and oxygen atoms in total. The molecule has 0 aliphatic carbocycles. The Hall–Kier alpha value is -0.990. The van der Waals surface area contributed by atoms with E-state index in [1.807, 2.05) is 21.1 Å². The summed E-state index contributed by atoms with van der Waals surface area (Å²) < 4.78 is 34.3. The maximum Gasteiger partial charge on any atom is 0.306 e. The molecule has 0 fully saturated rings. The number of carbonyl (C=O) groups excluding carboxylic acids is 2. The number of ether oxygens (including phenoxy) is 2. The second-order valence-electron chi connectivity index (χ2n) is 24.2. The number of carbonyl (C=O) groups is 2. The van der Waals surface area contributed by atoms with Crippen LogP contribution in [0.25, 0.3) is 0 Å². The number of phosphoric acid groups is 1. The molecule has 0 aliphatic rings. The van der Waals surface area contributed by atoms with Crippen LogP contribution < -0.4 is 4.89 Å². The first-order valence-electron chi connectivity index (χ1n) is 33.2. The molecule has 0 rings (SSSR count). The van der Waals surface area contributed by atoms with Crippen LogP contribution >= 0.6 is 7.82 Å². The van der Waals surface area contributed by atoms with Crippen molar-refractivity contribution in [2.45, 2.75) is 360 Å². The highest BCUT2D eigenvalue weighted by Crippen LogP contribution is 2.38. The molecule has 0 bridgehead atoms. The molecule has 0 radical (unpaired) electrons. The summed E-state index contributed by atoms with van der Waals surface area (Å²) in [4.78, 5) is 38.0. The zero-order valence-corrected chi connectivity index (χ0v) is 51.9. The number of quaternary nitrogens is 1. The van der Waals surface area contributed by atoms with Crippen LogP contribution in [0.2, 0.25) is 0 Å². The Balaban J connectivity index is 3.98. The molecule has 10 heteroatoms. The Kier molecular flexibility index (Phi) is 56.9. The Bertz CT molecular complexity index is 1230. The normalized spacial score (nSPS) is 13.1. The average molecular weight is 1080 g/mol. The van der Waals surface area contributed by atoms with Crippen LogP contribution in [0.4, 0.5) is 0 Å². The predicted octanol–water partition coefficient (Wildman–Crippen LogP) is 20.4. The Labute approximate surface area is 467 Å². The highest BCUT2D eigenvalue weighted by atomic mass is 31.2. The van der Waals surface area contributed by atoms with E-state index in [-0.39, 0.29) is 32.0 Å². The maximum absolute atomic E-state index is 12.8.